The first-order valence-corrected chi connectivity index (χ1v) is 8.89. The van der Waals surface area contributed by atoms with Crippen molar-refractivity contribution in [1.82, 2.24) is 14.9 Å². The fourth-order valence-corrected chi connectivity index (χ4v) is 3.10. The third kappa shape index (κ3) is 4.09. The summed E-state index contributed by atoms with van der Waals surface area (Å²) in [6.45, 7) is 0.0871. The monoisotopic (exact) mass is 386 g/mol. The summed E-state index contributed by atoms with van der Waals surface area (Å²) in [6, 6.07) is 11.3. The second-order valence-corrected chi connectivity index (χ2v) is 6.29. The summed E-state index contributed by atoms with van der Waals surface area (Å²) in [5.41, 5.74) is 0.129. The Morgan fingerprint density at radius 1 is 1.33 bits per heavy atom. The van der Waals surface area contributed by atoms with E-state index >= 15 is 0 Å². The Bertz CT molecular complexity index is 966. The number of aromatic nitrogens is 3. The lowest BCUT2D eigenvalue weighted by atomic mass is 10.2. The van der Waals surface area contributed by atoms with E-state index in [9.17, 15) is 9.18 Å². The molecular formula is C17H15FN6O2S. The molecule has 0 aliphatic heterocycles. The number of hydrogen-bond donors (Lipinski definition) is 1. The van der Waals surface area contributed by atoms with Gasteiger partial charge < -0.3 is 15.2 Å². The van der Waals surface area contributed by atoms with Crippen molar-refractivity contribution in [2.24, 2.45) is 0 Å². The molecule has 138 valence electrons. The van der Waals surface area contributed by atoms with Gasteiger partial charge in [-0.15, -0.1) is 10.2 Å². The molecule has 0 unspecified atom stereocenters. The van der Waals surface area contributed by atoms with Crippen molar-refractivity contribution in [3.8, 4) is 17.7 Å². The molecule has 2 N–H and O–H groups in total. The maximum Gasteiger partial charge on any atom is 0.237 e. The lowest BCUT2D eigenvalue weighted by molar-refractivity contribution is -0.116. The van der Waals surface area contributed by atoms with Crippen molar-refractivity contribution < 1.29 is 13.6 Å². The largest absolute Gasteiger partial charge is 0.461 e. The zero-order chi connectivity index (χ0) is 19.2. The average Bonchev–Trinajstić information content (AvgIpc) is 3.31. The van der Waals surface area contributed by atoms with Gasteiger partial charge in [0.25, 0.3) is 0 Å². The summed E-state index contributed by atoms with van der Waals surface area (Å²) in [5.74, 6) is 5.78. The highest BCUT2D eigenvalue weighted by Crippen LogP contribution is 2.24. The Balaban J connectivity index is 1.73. The number of nitriles is 1. The number of para-hydroxylation sites is 1. The number of carbonyl (C=O) groups is 1. The minimum atomic E-state index is -0.532. The Kier molecular flexibility index (Phi) is 5.73. The molecule has 0 saturated heterocycles. The van der Waals surface area contributed by atoms with Crippen LogP contribution in [0, 0.1) is 17.1 Å². The second-order valence-electron chi connectivity index (χ2n) is 5.35. The van der Waals surface area contributed by atoms with Crippen LogP contribution < -0.4 is 10.7 Å². The van der Waals surface area contributed by atoms with Gasteiger partial charge in [0.05, 0.1) is 30.2 Å². The summed E-state index contributed by atoms with van der Waals surface area (Å²) < 4.78 is 20.5. The molecule has 10 heteroatoms. The fourth-order valence-electron chi connectivity index (χ4n) is 2.37. The van der Waals surface area contributed by atoms with Crippen LogP contribution in [0.3, 0.4) is 0 Å². The predicted octanol–water partition coefficient (Wildman–Crippen LogP) is 2.43. The smallest absolute Gasteiger partial charge is 0.237 e. The van der Waals surface area contributed by atoms with Crippen LogP contribution >= 0.6 is 11.8 Å². The van der Waals surface area contributed by atoms with E-state index in [1.807, 2.05) is 6.07 Å². The van der Waals surface area contributed by atoms with Crippen LogP contribution in [0.15, 0.2) is 52.2 Å². The summed E-state index contributed by atoms with van der Waals surface area (Å²) in [4.78, 5) is 13.9. The van der Waals surface area contributed by atoms with Gasteiger partial charge in [0.1, 0.15) is 5.82 Å². The first-order chi connectivity index (χ1) is 13.1. The average molecular weight is 386 g/mol. The Morgan fingerprint density at radius 2 is 2.15 bits per heavy atom. The number of hydrogen-bond acceptors (Lipinski definition) is 7. The van der Waals surface area contributed by atoms with E-state index in [0.29, 0.717) is 16.7 Å². The second kappa shape index (κ2) is 8.37. The number of halogens is 1. The van der Waals surface area contributed by atoms with E-state index in [-0.39, 0.29) is 30.3 Å². The van der Waals surface area contributed by atoms with E-state index in [1.54, 1.807) is 18.2 Å². The van der Waals surface area contributed by atoms with Gasteiger partial charge in [-0.05, 0) is 24.3 Å². The summed E-state index contributed by atoms with van der Waals surface area (Å²) >= 11 is 1.06. The van der Waals surface area contributed by atoms with Crippen molar-refractivity contribution in [2.45, 2.75) is 11.6 Å². The Hall–Kier alpha value is -3.32. The zero-order valence-electron chi connectivity index (χ0n) is 14.1. The number of thioether (sulfide) groups is 1. The molecule has 0 bridgehead atoms. The molecule has 0 saturated carbocycles. The van der Waals surface area contributed by atoms with Gasteiger partial charge in [0, 0.05) is 6.54 Å². The molecule has 3 rings (SSSR count). The van der Waals surface area contributed by atoms with E-state index in [4.69, 9.17) is 15.5 Å². The molecule has 0 aliphatic carbocycles. The molecule has 1 amide bonds. The van der Waals surface area contributed by atoms with Crippen molar-refractivity contribution in [3.05, 3.63) is 48.5 Å². The number of nitrogens with two attached hydrogens (primary N) is 1. The topological polar surface area (TPSA) is 114 Å². The van der Waals surface area contributed by atoms with Crippen LogP contribution in [0.25, 0.3) is 11.6 Å². The maximum absolute atomic E-state index is 14.1. The Labute approximate surface area is 158 Å². The van der Waals surface area contributed by atoms with Crippen LogP contribution in [-0.2, 0) is 4.79 Å². The molecule has 0 fully saturated rings. The predicted molar refractivity (Wildman–Crippen MR) is 97.6 cm³/mol. The van der Waals surface area contributed by atoms with Gasteiger partial charge in [-0.3, -0.25) is 4.79 Å². The van der Waals surface area contributed by atoms with Crippen LogP contribution in [-0.4, -0.2) is 33.1 Å². The van der Waals surface area contributed by atoms with E-state index < -0.39 is 5.82 Å². The van der Waals surface area contributed by atoms with Crippen LogP contribution in [0.2, 0.25) is 0 Å². The normalized spacial score (nSPS) is 10.5. The third-order valence-corrected chi connectivity index (χ3v) is 4.55. The van der Waals surface area contributed by atoms with Gasteiger partial charge in [0.2, 0.25) is 16.9 Å². The fraction of sp³-hybridized carbons (Fsp3) is 0.176. The van der Waals surface area contributed by atoms with Crippen LogP contribution in [0.5, 0.6) is 0 Å². The molecule has 3 aromatic rings. The van der Waals surface area contributed by atoms with Gasteiger partial charge in [-0.2, -0.15) is 5.26 Å². The summed E-state index contributed by atoms with van der Waals surface area (Å²) in [6.07, 6.45) is 1.57. The number of anilines is 1. The highest BCUT2D eigenvalue weighted by Gasteiger charge is 2.21. The molecule has 0 radical (unpaired) electrons. The standard InChI is InChI=1S/C17H15FN6O2S/c18-12-5-1-2-6-13(12)23(9-4-8-19)15(25)11-27-17-22-21-16(24(17)20)14-7-3-10-26-14/h1-3,5-7,10H,4,9,11,20H2. The number of amides is 1. The first-order valence-electron chi connectivity index (χ1n) is 7.91. The SMILES string of the molecule is N#CCCN(C(=O)CSc1nnc(-c2ccco2)n1N)c1ccccc1F. The molecule has 0 atom stereocenters. The minimum absolute atomic E-state index is 0.0484. The van der Waals surface area contributed by atoms with Crippen LogP contribution in [0.4, 0.5) is 10.1 Å². The molecule has 2 aromatic heterocycles. The van der Waals surface area contributed by atoms with E-state index in [2.05, 4.69) is 10.2 Å². The van der Waals surface area contributed by atoms with Crippen molar-refractivity contribution in [1.29, 1.82) is 5.26 Å². The van der Waals surface area contributed by atoms with Crippen LogP contribution in [0.1, 0.15) is 6.42 Å². The first kappa shape index (κ1) is 18.5. The zero-order valence-corrected chi connectivity index (χ0v) is 14.9. The van der Waals surface area contributed by atoms with E-state index in [0.717, 1.165) is 11.8 Å². The lowest BCUT2D eigenvalue weighted by Crippen LogP contribution is -2.34. The molecule has 27 heavy (non-hydrogen) atoms. The molecule has 2 heterocycles. The number of rotatable bonds is 7. The lowest BCUT2D eigenvalue weighted by Gasteiger charge is -2.22. The van der Waals surface area contributed by atoms with Crippen molar-refractivity contribution in [2.75, 3.05) is 23.0 Å². The number of nitrogen functional groups attached to an aromatic ring is 1. The highest BCUT2D eigenvalue weighted by atomic mass is 32.2. The highest BCUT2D eigenvalue weighted by molar-refractivity contribution is 7.99. The van der Waals surface area contributed by atoms with Crippen molar-refractivity contribution >= 4 is 23.4 Å². The number of nitrogens with zero attached hydrogens (tertiary/aromatic N) is 5. The number of benzene rings is 1. The van der Waals surface area contributed by atoms with Gasteiger partial charge >= 0.3 is 0 Å². The van der Waals surface area contributed by atoms with Gasteiger partial charge in [-0.25, -0.2) is 9.07 Å². The molecule has 1 aromatic carbocycles. The molecule has 0 aliphatic rings. The van der Waals surface area contributed by atoms with E-state index in [1.165, 1.54) is 34.0 Å². The van der Waals surface area contributed by atoms with Gasteiger partial charge in [-0.1, -0.05) is 23.9 Å². The summed E-state index contributed by atoms with van der Waals surface area (Å²) in [7, 11) is 0. The van der Waals surface area contributed by atoms with Crippen molar-refractivity contribution in [3.63, 3.8) is 0 Å². The summed E-state index contributed by atoms with van der Waals surface area (Å²) in [5, 5.41) is 17.0. The molecular weight excluding hydrogens is 371 g/mol. The Morgan fingerprint density at radius 3 is 2.85 bits per heavy atom. The number of furan rings is 1. The minimum Gasteiger partial charge on any atom is -0.461 e. The van der Waals surface area contributed by atoms with Gasteiger partial charge in [0.15, 0.2) is 5.76 Å². The molecule has 0 spiro atoms. The molecule has 8 nitrogen and oxygen atoms in total. The maximum atomic E-state index is 14.1. The number of carbonyl (C=O) groups excluding carboxylic acids is 1. The third-order valence-electron chi connectivity index (χ3n) is 3.62. The quantitative estimate of drug-likeness (QED) is 0.490.